The monoisotopic (exact) mass is 486 g/mol. The van der Waals surface area contributed by atoms with Crippen molar-refractivity contribution in [2.75, 3.05) is 39.3 Å². The molecule has 0 unspecified atom stereocenters. The minimum absolute atomic E-state index is 0. The van der Waals surface area contributed by atoms with Crippen LogP contribution in [0.4, 0.5) is 0 Å². The first-order valence-electron chi connectivity index (χ1n) is 9.01. The molecule has 27 heavy (non-hydrogen) atoms. The standard InChI is InChI=1S/C18H26N6O2.HI/c1-3-19-18(20-7-6-15-13-21-22(2)14-15)24-10-8-23(9-11-24)17(25)16-5-4-12-26-16;/h4-5,12-14H,3,6-11H2,1-2H3,(H,19,20);1H. The summed E-state index contributed by atoms with van der Waals surface area (Å²) in [7, 11) is 1.92. The van der Waals surface area contributed by atoms with Gasteiger partial charge < -0.3 is 19.5 Å². The van der Waals surface area contributed by atoms with E-state index in [1.165, 1.54) is 11.8 Å². The lowest BCUT2D eigenvalue weighted by atomic mass is 10.2. The van der Waals surface area contributed by atoms with Crippen LogP contribution in [-0.2, 0) is 13.5 Å². The van der Waals surface area contributed by atoms with Gasteiger partial charge in [-0.2, -0.15) is 5.10 Å². The fourth-order valence-corrected chi connectivity index (χ4v) is 3.00. The number of guanidine groups is 1. The van der Waals surface area contributed by atoms with Gasteiger partial charge >= 0.3 is 0 Å². The van der Waals surface area contributed by atoms with Gasteiger partial charge in [0.25, 0.3) is 5.91 Å². The van der Waals surface area contributed by atoms with Gasteiger partial charge in [-0.1, -0.05) is 0 Å². The molecule has 3 heterocycles. The Labute approximate surface area is 176 Å². The van der Waals surface area contributed by atoms with E-state index in [0.717, 1.165) is 32.0 Å². The van der Waals surface area contributed by atoms with Crippen molar-refractivity contribution in [2.45, 2.75) is 13.3 Å². The van der Waals surface area contributed by atoms with Crippen LogP contribution in [0, 0.1) is 0 Å². The first-order valence-corrected chi connectivity index (χ1v) is 9.01. The summed E-state index contributed by atoms with van der Waals surface area (Å²) in [6.45, 7) is 6.42. The molecule has 0 bridgehead atoms. The molecular weight excluding hydrogens is 459 g/mol. The summed E-state index contributed by atoms with van der Waals surface area (Å²) < 4.78 is 7.02. The second-order valence-corrected chi connectivity index (χ2v) is 6.26. The summed E-state index contributed by atoms with van der Waals surface area (Å²) in [6.07, 6.45) is 6.28. The van der Waals surface area contributed by atoms with Crippen molar-refractivity contribution in [1.82, 2.24) is 24.9 Å². The number of carbonyl (C=O) groups is 1. The number of piperazine rings is 1. The number of furan rings is 1. The Kier molecular flexibility index (Phi) is 8.14. The first kappa shape index (κ1) is 21.3. The maximum Gasteiger partial charge on any atom is 0.289 e. The highest BCUT2D eigenvalue weighted by Crippen LogP contribution is 2.09. The van der Waals surface area contributed by atoms with E-state index < -0.39 is 0 Å². The molecule has 8 nitrogen and oxygen atoms in total. The second kappa shape index (κ2) is 10.3. The van der Waals surface area contributed by atoms with E-state index in [4.69, 9.17) is 9.41 Å². The lowest BCUT2D eigenvalue weighted by molar-refractivity contribution is 0.0657. The number of hydrogen-bond donors (Lipinski definition) is 1. The Morgan fingerprint density at radius 2 is 2.04 bits per heavy atom. The smallest absolute Gasteiger partial charge is 0.289 e. The lowest BCUT2D eigenvalue weighted by Gasteiger charge is -2.36. The largest absolute Gasteiger partial charge is 0.459 e. The van der Waals surface area contributed by atoms with Crippen molar-refractivity contribution in [1.29, 1.82) is 0 Å². The number of nitrogens with zero attached hydrogens (tertiary/aromatic N) is 5. The molecule has 1 N–H and O–H groups in total. The Morgan fingerprint density at radius 3 is 2.63 bits per heavy atom. The van der Waals surface area contributed by atoms with Gasteiger partial charge in [0.05, 0.1) is 12.5 Å². The molecule has 1 saturated heterocycles. The highest BCUT2D eigenvalue weighted by molar-refractivity contribution is 14.0. The van der Waals surface area contributed by atoms with Crippen LogP contribution in [0.3, 0.4) is 0 Å². The molecule has 9 heteroatoms. The summed E-state index contributed by atoms with van der Waals surface area (Å²) >= 11 is 0. The van der Waals surface area contributed by atoms with Gasteiger partial charge in [0, 0.05) is 52.5 Å². The molecule has 0 spiro atoms. The number of rotatable bonds is 5. The van der Waals surface area contributed by atoms with Crippen molar-refractivity contribution in [3.05, 3.63) is 42.1 Å². The van der Waals surface area contributed by atoms with Gasteiger partial charge in [0.15, 0.2) is 11.7 Å². The van der Waals surface area contributed by atoms with Crippen LogP contribution >= 0.6 is 24.0 Å². The van der Waals surface area contributed by atoms with Crippen molar-refractivity contribution < 1.29 is 9.21 Å². The second-order valence-electron chi connectivity index (χ2n) is 6.26. The maximum absolute atomic E-state index is 12.4. The van der Waals surface area contributed by atoms with E-state index in [9.17, 15) is 4.79 Å². The zero-order valence-electron chi connectivity index (χ0n) is 15.8. The summed E-state index contributed by atoms with van der Waals surface area (Å²) in [4.78, 5) is 21.1. The molecule has 0 atom stereocenters. The first-order chi connectivity index (χ1) is 12.7. The average molecular weight is 486 g/mol. The number of aromatic nitrogens is 2. The summed E-state index contributed by atoms with van der Waals surface area (Å²) in [6, 6.07) is 3.44. The predicted octanol–water partition coefficient (Wildman–Crippen LogP) is 1.60. The molecule has 0 saturated carbocycles. The fourth-order valence-electron chi connectivity index (χ4n) is 3.00. The van der Waals surface area contributed by atoms with Crippen LogP contribution in [0.2, 0.25) is 0 Å². The number of halogens is 1. The molecular formula is C18H27IN6O2. The number of carbonyl (C=O) groups excluding carboxylic acids is 1. The van der Waals surface area contributed by atoms with Gasteiger partial charge in [-0.3, -0.25) is 14.5 Å². The van der Waals surface area contributed by atoms with E-state index in [-0.39, 0.29) is 29.9 Å². The summed E-state index contributed by atoms with van der Waals surface area (Å²) in [5, 5.41) is 7.53. The third-order valence-electron chi connectivity index (χ3n) is 4.35. The predicted molar refractivity (Wildman–Crippen MR) is 114 cm³/mol. The molecule has 1 amide bonds. The minimum Gasteiger partial charge on any atom is -0.459 e. The molecule has 1 aliphatic heterocycles. The van der Waals surface area contributed by atoms with Gasteiger partial charge in [-0.25, -0.2) is 0 Å². The van der Waals surface area contributed by atoms with Crippen molar-refractivity contribution in [2.24, 2.45) is 12.0 Å². The van der Waals surface area contributed by atoms with Crippen LogP contribution < -0.4 is 5.32 Å². The zero-order chi connectivity index (χ0) is 18.4. The van der Waals surface area contributed by atoms with E-state index in [1.807, 2.05) is 24.3 Å². The number of hydrogen-bond acceptors (Lipinski definition) is 4. The average Bonchev–Trinajstić information content (AvgIpc) is 3.32. The molecule has 2 aromatic heterocycles. The van der Waals surface area contributed by atoms with Crippen LogP contribution in [-0.4, -0.2) is 70.7 Å². The maximum atomic E-state index is 12.4. The number of amides is 1. The van der Waals surface area contributed by atoms with E-state index in [0.29, 0.717) is 25.4 Å². The molecule has 3 rings (SSSR count). The van der Waals surface area contributed by atoms with Gasteiger partial charge in [-0.05, 0) is 31.0 Å². The van der Waals surface area contributed by atoms with Crippen LogP contribution in [0.25, 0.3) is 0 Å². The highest BCUT2D eigenvalue weighted by Gasteiger charge is 2.25. The highest BCUT2D eigenvalue weighted by atomic mass is 127. The van der Waals surface area contributed by atoms with Crippen LogP contribution in [0.1, 0.15) is 23.0 Å². The molecule has 1 aliphatic rings. The van der Waals surface area contributed by atoms with Gasteiger partial charge in [0.1, 0.15) is 0 Å². The Morgan fingerprint density at radius 1 is 1.30 bits per heavy atom. The molecule has 2 aromatic rings. The Bertz CT molecular complexity index is 735. The normalized spacial score (nSPS) is 14.8. The van der Waals surface area contributed by atoms with E-state index in [1.54, 1.807) is 16.8 Å². The van der Waals surface area contributed by atoms with Gasteiger partial charge in [-0.15, -0.1) is 24.0 Å². The summed E-state index contributed by atoms with van der Waals surface area (Å²) in [5.41, 5.74) is 1.18. The van der Waals surface area contributed by atoms with E-state index in [2.05, 4.69) is 22.2 Å². The molecule has 1 fully saturated rings. The van der Waals surface area contributed by atoms with Gasteiger partial charge in [0.2, 0.25) is 0 Å². The number of aryl methyl sites for hydroxylation is 1. The molecule has 0 aliphatic carbocycles. The number of nitrogens with one attached hydrogen (secondary N) is 1. The Hall–Kier alpha value is -2.04. The SMILES string of the molecule is CCNC(=NCCc1cnn(C)c1)N1CCN(C(=O)c2ccco2)CC1.I. The third-order valence-corrected chi connectivity index (χ3v) is 4.35. The van der Waals surface area contributed by atoms with Crippen molar-refractivity contribution >= 4 is 35.8 Å². The van der Waals surface area contributed by atoms with Crippen LogP contribution in [0.5, 0.6) is 0 Å². The third kappa shape index (κ3) is 5.72. The lowest BCUT2D eigenvalue weighted by Crippen LogP contribution is -2.53. The van der Waals surface area contributed by atoms with E-state index >= 15 is 0 Å². The molecule has 0 aromatic carbocycles. The van der Waals surface area contributed by atoms with Crippen molar-refractivity contribution in [3.63, 3.8) is 0 Å². The molecule has 148 valence electrons. The van der Waals surface area contributed by atoms with Crippen molar-refractivity contribution in [3.8, 4) is 0 Å². The topological polar surface area (TPSA) is 78.9 Å². The summed E-state index contributed by atoms with van der Waals surface area (Å²) in [5.74, 6) is 1.25. The van der Waals surface area contributed by atoms with Crippen LogP contribution in [0.15, 0.2) is 40.2 Å². The zero-order valence-corrected chi connectivity index (χ0v) is 18.1. The fraction of sp³-hybridized carbons (Fsp3) is 0.500. The number of aliphatic imine (C=N–C) groups is 1. The molecule has 0 radical (unpaired) electrons. The Balaban J connectivity index is 0.00000261. The minimum atomic E-state index is -0.0480. The quantitative estimate of drug-likeness (QED) is 0.395.